The third kappa shape index (κ3) is 2.68. The zero-order valence-corrected chi connectivity index (χ0v) is 13.3. The predicted molar refractivity (Wildman–Crippen MR) is 84.9 cm³/mol. The van der Waals surface area contributed by atoms with E-state index in [0.717, 1.165) is 17.8 Å². The fraction of sp³-hybridized carbons (Fsp3) is 0.375. The van der Waals surface area contributed by atoms with E-state index >= 15 is 0 Å². The lowest BCUT2D eigenvalue weighted by Gasteiger charge is -2.41. The lowest BCUT2D eigenvalue weighted by molar-refractivity contribution is -0.0466. The van der Waals surface area contributed by atoms with Crippen LogP contribution >= 0.6 is 11.6 Å². The van der Waals surface area contributed by atoms with Gasteiger partial charge in [-0.2, -0.15) is 10.4 Å². The summed E-state index contributed by atoms with van der Waals surface area (Å²) in [5.41, 5.74) is 2.14. The van der Waals surface area contributed by atoms with E-state index in [9.17, 15) is 0 Å². The van der Waals surface area contributed by atoms with Gasteiger partial charge in [-0.15, -0.1) is 0 Å². The van der Waals surface area contributed by atoms with Crippen LogP contribution in [0.3, 0.4) is 0 Å². The van der Waals surface area contributed by atoms with Crippen molar-refractivity contribution in [3.05, 3.63) is 46.7 Å². The Kier molecular flexibility index (Phi) is 3.81. The van der Waals surface area contributed by atoms with Crippen molar-refractivity contribution in [2.45, 2.75) is 12.5 Å². The van der Waals surface area contributed by atoms with Gasteiger partial charge in [-0.05, 0) is 25.1 Å². The van der Waals surface area contributed by atoms with Crippen LogP contribution in [-0.2, 0) is 17.4 Å². The van der Waals surface area contributed by atoms with Gasteiger partial charge < -0.3 is 9.64 Å². The summed E-state index contributed by atoms with van der Waals surface area (Å²) in [4.78, 5) is 2.23. The normalized spacial score (nSPS) is 21.6. The molecule has 0 aliphatic carbocycles. The Labute approximate surface area is 134 Å². The minimum absolute atomic E-state index is 0.410. The number of morpholine rings is 1. The minimum Gasteiger partial charge on any atom is -0.367 e. The number of benzene rings is 1. The Bertz CT molecular complexity index is 736. The van der Waals surface area contributed by atoms with Crippen LogP contribution in [0.25, 0.3) is 0 Å². The standard InChI is InChI=1S/C16H17ClN4O/c1-16(13-9-19-20(2)10-13)11-21(5-6-22-16)14-4-3-12(8-18)15(17)7-14/h3-4,7,9-10H,5-6,11H2,1-2H3. The van der Waals surface area contributed by atoms with E-state index in [4.69, 9.17) is 21.6 Å². The van der Waals surface area contributed by atoms with Crippen molar-refractivity contribution >= 4 is 17.3 Å². The zero-order chi connectivity index (χ0) is 15.7. The van der Waals surface area contributed by atoms with Gasteiger partial charge in [0.2, 0.25) is 0 Å². The van der Waals surface area contributed by atoms with E-state index in [1.54, 1.807) is 10.7 Å². The Morgan fingerprint density at radius 2 is 2.27 bits per heavy atom. The lowest BCUT2D eigenvalue weighted by Crippen LogP contribution is -2.48. The van der Waals surface area contributed by atoms with Gasteiger partial charge in [0.05, 0.1) is 29.9 Å². The van der Waals surface area contributed by atoms with Gasteiger partial charge >= 0.3 is 0 Å². The van der Waals surface area contributed by atoms with Crippen LogP contribution in [-0.4, -0.2) is 29.5 Å². The first kappa shape index (κ1) is 14.9. The molecule has 0 N–H and O–H groups in total. The molecule has 1 saturated heterocycles. The van der Waals surface area contributed by atoms with E-state index in [1.807, 2.05) is 31.6 Å². The van der Waals surface area contributed by atoms with Crippen LogP contribution in [0.15, 0.2) is 30.6 Å². The molecule has 2 heterocycles. The SMILES string of the molecule is Cn1cc(C2(C)CN(c3ccc(C#N)c(Cl)c3)CCO2)cn1. The highest BCUT2D eigenvalue weighted by atomic mass is 35.5. The van der Waals surface area contributed by atoms with E-state index < -0.39 is 5.60 Å². The maximum absolute atomic E-state index is 8.98. The molecule has 6 heteroatoms. The maximum Gasteiger partial charge on any atom is 0.111 e. The highest BCUT2D eigenvalue weighted by Crippen LogP contribution is 2.32. The summed E-state index contributed by atoms with van der Waals surface area (Å²) in [7, 11) is 1.90. The summed E-state index contributed by atoms with van der Waals surface area (Å²) in [6, 6.07) is 7.61. The molecular formula is C16H17ClN4O. The molecule has 114 valence electrons. The van der Waals surface area contributed by atoms with Crippen LogP contribution in [0, 0.1) is 11.3 Å². The molecule has 0 saturated carbocycles. The molecule has 1 aliphatic rings. The first-order valence-corrected chi connectivity index (χ1v) is 7.47. The molecule has 0 amide bonds. The number of nitrogens with zero attached hydrogens (tertiary/aromatic N) is 4. The van der Waals surface area contributed by atoms with Gasteiger partial charge in [0.1, 0.15) is 11.7 Å². The Hall–Kier alpha value is -2.03. The van der Waals surface area contributed by atoms with E-state index in [-0.39, 0.29) is 0 Å². The van der Waals surface area contributed by atoms with Crippen molar-refractivity contribution in [1.29, 1.82) is 5.26 Å². The predicted octanol–water partition coefficient (Wildman–Crippen LogP) is 2.70. The van der Waals surface area contributed by atoms with E-state index in [1.165, 1.54) is 0 Å². The Morgan fingerprint density at radius 1 is 1.45 bits per heavy atom. The van der Waals surface area contributed by atoms with E-state index in [2.05, 4.69) is 23.0 Å². The molecule has 1 aliphatic heterocycles. The zero-order valence-electron chi connectivity index (χ0n) is 12.6. The van der Waals surface area contributed by atoms with Crippen molar-refractivity contribution in [3.8, 4) is 6.07 Å². The van der Waals surface area contributed by atoms with Gasteiger partial charge in [-0.3, -0.25) is 4.68 Å². The van der Waals surface area contributed by atoms with Crippen molar-refractivity contribution in [2.24, 2.45) is 7.05 Å². The average molecular weight is 317 g/mol. The highest BCUT2D eigenvalue weighted by Gasteiger charge is 2.35. The molecule has 3 rings (SSSR count). The fourth-order valence-electron chi connectivity index (χ4n) is 2.75. The minimum atomic E-state index is -0.410. The molecule has 0 bridgehead atoms. The van der Waals surface area contributed by atoms with Crippen LogP contribution in [0.5, 0.6) is 0 Å². The summed E-state index contributed by atoms with van der Waals surface area (Å²) >= 11 is 6.15. The number of rotatable bonds is 2. The number of anilines is 1. The van der Waals surface area contributed by atoms with Crippen molar-refractivity contribution in [3.63, 3.8) is 0 Å². The summed E-state index contributed by atoms with van der Waals surface area (Å²) in [5, 5.41) is 13.7. The fourth-order valence-corrected chi connectivity index (χ4v) is 2.97. The second-order valence-corrected chi connectivity index (χ2v) is 6.09. The molecule has 1 fully saturated rings. The molecule has 5 nitrogen and oxygen atoms in total. The number of nitriles is 1. The van der Waals surface area contributed by atoms with Crippen molar-refractivity contribution < 1.29 is 4.74 Å². The van der Waals surface area contributed by atoms with E-state index in [0.29, 0.717) is 23.7 Å². The molecule has 1 unspecified atom stereocenters. The third-order valence-corrected chi connectivity index (χ3v) is 4.34. The molecular weight excluding hydrogens is 300 g/mol. The van der Waals surface area contributed by atoms with Gasteiger partial charge in [-0.25, -0.2) is 0 Å². The average Bonchev–Trinajstić information content (AvgIpc) is 2.95. The molecule has 0 spiro atoms. The second kappa shape index (κ2) is 5.64. The molecule has 1 atom stereocenters. The summed E-state index contributed by atoms with van der Waals surface area (Å²) < 4.78 is 7.79. The first-order chi connectivity index (χ1) is 10.5. The smallest absolute Gasteiger partial charge is 0.111 e. The Balaban J connectivity index is 1.87. The summed E-state index contributed by atoms with van der Waals surface area (Å²) in [5.74, 6) is 0. The second-order valence-electron chi connectivity index (χ2n) is 5.68. The van der Waals surface area contributed by atoms with Crippen LogP contribution in [0.2, 0.25) is 5.02 Å². The number of hydrogen-bond acceptors (Lipinski definition) is 4. The summed E-state index contributed by atoms with van der Waals surface area (Å²) in [6.07, 6.45) is 3.82. The van der Waals surface area contributed by atoms with Crippen LogP contribution < -0.4 is 4.90 Å². The third-order valence-electron chi connectivity index (χ3n) is 4.03. The van der Waals surface area contributed by atoms with Gasteiger partial charge in [-0.1, -0.05) is 11.6 Å². The number of ether oxygens (including phenoxy) is 1. The van der Waals surface area contributed by atoms with Crippen molar-refractivity contribution in [2.75, 3.05) is 24.6 Å². The van der Waals surface area contributed by atoms with Crippen molar-refractivity contribution in [1.82, 2.24) is 9.78 Å². The van der Waals surface area contributed by atoms with Gasteiger partial charge in [0.25, 0.3) is 0 Å². The molecule has 22 heavy (non-hydrogen) atoms. The Morgan fingerprint density at radius 3 is 2.91 bits per heavy atom. The highest BCUT2D eigenvalue weighted by molar-refractivity contribution is 6.32. The molecule has 2 aromatic rings. The molecule has 1 aromatic heterocycles. The first-order valence-electron chi connectivity index (χ1n) is 7.09. The quantitative estimate of drug-likeness (QED) is 0.855. The number of hydrogen-bond donors (Lipinski definition) is 0. The van der Waals surface area contributed by atoms with Gasteiger partial charge in [0.15, 0.2) is 0 Å². The maximum atomic E-state index is 8.98. The van der Waals surface area contributed by atoms with Crippen LogP contribution in [0.4, 0.5) is 5.69 Å². The molecule has 1 aromatic carbocycles. The van der Waals surface area contributed by atoms with Gasteiger partial charge in [0, 0.05) is 31.0 Å². The topological polar surface area (TPSA) is 54.1 Å². The number of aryl methyl sites for hydroxylation is 1. The number of aromatic nitrogens is 2. The monoisotopic (exact) mass is 316 g/mol. The number of halogens is 1. The summed E-state index contributed by atoms with van der Waals surface area (Å²) in [6.45, 7) is 4.20. The van der Waals surface area contributed by atoms with Crippen LogP contribution in [0.1, 0.15) is 18.1 Å². The lowest BCUT2D eigenvalue weighted by atomic mass is 9.96. The molecule has 0 radical (unpaired) electrons. The largest absolute Gasteiger partial charge is 0.367 e.